The molecule has 1 spiro atoms. The summed E-state index contributed by atoms with van der Waals surface area (Å²) in [4.78, 5) is 2.76. The molecule has 134 valence electrons. The van der Waals surface area contributed by atoms with E-state index in [-0.39, 0.29) is 5.54 Å². The maximum Gasteiger partial charge on any atom is 0.286 e. The number of hydrogen-bond acceptors (Lipinski definition) is 1. The lowest BCUT2D eigenvalue weighted by Gasteiger charge is -2.44. The molecule has 0 radical (unpaired) electrons. The Kier molecular flexibility index (Phi) is 3.43. The largest absolute Gasteiger partial charge is 0.347 e. The molecule has 26 heavy (non-hydrogen) atoms. The number of rotatable bonds is 1. The molecule has 3 aromatic rings. The molecule has 0 N–H and O–H groups in total. The summed E-state index contributed by atoms with van der Waals surface area (Å²) < 4.78 is 4.89. The molecule has 1 fully saturated rings. The van der Waals surface area contributed by atoms with Gasteiger partial charge in [-0.05, 0) is 44.4 Å². The van der Waals surface area contributed by atoms with Gasteiger partial charge in [0.2, 0.25) is 0 Å². The Morgan fingerprint density at radius 2 is 1.73 bits per heavy atom. The van der Waals surface area contributed by atoms with Crippen LogP contribution in [0.2, 0.25) is 0 Å². The van der Waals surface area contributed by atoms with Crippen LogP contribution in [0.25, 0.3) is 5.65 Å². The average Bonchev–Trinajstić information content (AvgIpc) is 3.09. The van der Waals surface area contributed by atoms with Crippen molar-refractivity contribution in [2.45, 2.75) is 57.5 Å². The molecule has 1 unspecified atom stereocenters. The van der Waals surface area contributed by atoms with Crippen LogP contribution in [0.5, 0.6) is 0 Å². The van der Waals surface area contributed by atoms with Crippen molar-refractivity contribution < 1.29 is 4.40 Å². The smallest absolute Gasteiger partial charge is 0.286 e. The molecule has 3 heterocycles. The van der Waals surface area contributed by atoms with Gasteiger partial charge in [-0.25, -0.2) is 4.57 Å². The monoisotopic (exact) mass is 346 g/mol. The molecule has 1 aliphatic carbocycles. The van der Waals surface area contributed by atoms with Crippen molar-refractivity contribution in [1.82, 2.24) is 4.57 Å². The highest BCUT2D eigenvalue weighted by Crippen LogP contribution is 2.54. The number of fused-ring (bicyclic) bond motifs is 4. The number of imidazole rings is 1. The highest BCUT2D eigenvalue weighted by molar-refractivity contribution is 5.62. The molecule has 5 rings (SSSR count). The van der Waals surface area contributed by atoms with Crippen LogP contribution in [0.4, 0.5) is 5.69 Å². The molecular formula is C23H28N3+. The summed E-state index contributed by atoms with van der Waals surface area (Å²) in [7, 11) is 2.24. The molecule has 1 aromatic carbocycles. The van der Waals surface area contributed by atoms with Crippen molar-refractivity contribution >= 4 is 11.3 Å². The van der Waals surface area contributed by atoms with Gasteiger partial charge in [-0.3, -0.25) is 0 Å². The predicted molar refractivity (Wildman–Crippen MR) is 105 cm³/mol. The maximum absolute atomic E-state index is 2.76. The average molecular weight is 346 g/mol. The molecule has 0 bridgehead atoms. The number of anilines is 1. The van der Waals surface area contributed by atoms with Gasteiger partial charge in [-0.1, -0.05) is 43.5 Å². The van der Waals surface area contributed by atoms with Crippen LogP contribution in [0.1, 0.15) is 62.0 Å². The lowest BCUT2D eigenvalue weighted by molar-refractivity contribution is -0.525. The molecule has 2 aliphatic rings. The lowest BCUT2D eigenvalue weighted by atomic mass is 9.79. The third-order valence-electron chi connectivity index (χ3n) is 6.77. The van der Waals surface area contributed by atoms with E-state index in [9.17, 15) is 0 Å². The Morgan fingerprint density at radius 3 is 2.50 bits per heavy atom. The summed E-state index contributed by atoms with van der Waals surface area (Å²) in [6, 6.07) is 15.9. The van der Waals surface area contributed by atoms with Crippen molar-refractivity contribution in [2.75, 3.05) is 4.90 Å². The fourth-order valence-electron chi connectivity index (χ4n) is 5.74. The van der Waals surface area contributed by atoms with Crippen LogP contribution in [0, 0.1) is 6.92 Å². The van der Waals surface area contributed by atoms with Crippen LogP contribution < -0.4 is 9.30 Å². The minimum absolute atomic E-state index is 0.116. The van der Waals surface area contributed by atoms with Gasteiger partial charge in [0.05, 0.1) is 19.3 Å². The van der Waals surface area contributed by atoms with Gasteiger partial charge in [-0.15, -0.1) is 0 Å². The van der Waals surface area contributed by atoms with Gasteiger partial charge in [-0.2, -0.15) is 4.40 Å². The molecule has 0 saturated heterocycles. The number of aryl methyl sites for hydroxylation is 2. The summed E-state index contributed by atoms with van der Waals surface area (Å²) in [5.41, 5.74) is 7.23. The van der Waals surface area contributed by atoms with Gasteiger partial charge in [0, 0.05) is 11.8 Å². The van der Waals surface area contributed by atoms with Crippen LogP contribution in [0.3, 0.4) is 0 Å². The highest BCUT2D eigenvalue weighted by atomic mass is 15.3. The minimum Gasteiger partial charge on any atom is -0.347 e. The summed E-state index contributed by atoms with van der Waals surface area (Å²) in [5, 5.41) is 0. The zero-order valence-corrected chi connectivity index (χ0v) is 16.1. The van der Waals surface area contributed by atoms with Crippen LogP contribution >= 0.6 is 0 Å². The summed E-state index contributed by atoms with van der Waals surface area (Å²) in [6.45, 7) is 4.65. The first-order chi connectivity index (χ1) is 12.6. The number of para-hydroxylation sites is 1. The highest BCUT2D eigenvalue weighted by Gasteiger charge is 2.56. The summed E-state index contributed by atoms with van der Waals surface area (Å²) in [5.74, 6) is 0. The molecule has 0 amide bonds. The van der Waals surface area contributed by atoms with Gasteiger partial charge >= 0.3 is 0 Å². The minimum atomic E-state index is 0.116. The maximum atomic E-state index is 2.76. The van der Waals surface area contributed by atoms with Crippen molar-refractivity contribution in [1.29, 1.82) is 0 Å². The first-order valence-electron chi connectivity index (χ1n) is 9.99. The van der Waals surface area contributed by atoms with Crippen LogP contribution in [0.15, 0.2) is 48.7 Å². The number of aromatic nitrogens is 2. The van der Waals surface area contributed by atoms with Crippen LogP contribution in [-0.4, -0.2) is 4.57 Å². The Hall–Kier alpha value is -2.29. The normalized spacial score (nSPS) is 21.5. The van der Waals surface area contributed by atoms with E-state index in [1.807, 2.05) is 0 Å². The van der Waals surface area contributed by atoms with Crippen molar-refractivity contribution in [3.63, 3.8) is 0 Å². The summed E-state index contributed by atoms with van der Waals surface area (Å²) >= 11 is 0. The molecule has 2 aromatic heterocycles. The first-order valence-corrected chi connectivity index (χ1v) is 9.99. The Labute approximate surface area is 155 Å². The van der Waals surface area contributed by atoms with E-state index in [0.29, 0.717) is 6.04 Å². The fourth-order valence-corrected chi connectivity index (χ4v) is 5.74. The van der Waals surface area contributed by atoms with Crippen molar-refractivity contribution in [3.8, 4) is 0 Å². The number of nitrogens with zero attached hydrogens (tertiary/aromatic N) is 3. The second-order valence-electron chi connectivity index (χ2n) is 8.15. The Morgan fingerprint density at radius 1 is 1.00 bits per heavy atom. The second kappa shape index (κ2) is 5.60. The topological polar surface area (TPSA) is 12.3 Å². The van der Waals surface area contributed by atoms with E-state index in [1.54, 1.807) is 0 Å². The van der Waals surface area contributed by atoms with Crippen molar-refractivity contribution in [3.05, 3.63) is 65.6 Å². The lowest BCUT2D eigenvalue weighted by Crippen LogP contribution is -2.48. The number of pyridine rings is 1. The quantitative estimate of drug-likeness (QED) is 0.576. The molecule has 3 heteroatoms. The van der Waals surface area contributed by atoms with E-state index in [2.05, 4.69) is 83.4 Å². The SMILES string of the molecule is Cc1ccccc1N1C(C)c2c([n+]3ccccc3n2C)C12CCCCC2. The standard InChI is InChI=1S/C23H28N3/c1-17-11-5-6-12-19(17)26-18(2)21-22(23(26)14-8-4-9-15-23)25-16-10-7-13-20(25)24(21)3/h5-7,10-13,16,18H,4,8-9,14-15H2,1-3H3/q+1. The number of hydrogen-bond donors (Lipinski definition) is 0. The van der Waals surface area contributed by atoms with E-state index < -0.39 is 0 Å². The third-order valence-corrected chi connectivity index (χ3v) is 6.77. The Bertz CT molecular complexity index is 978. The van der Waals surface area contributed by atoms with E-state index in [0.717, 1.165) is 0 Å². The predicted octanol–water partition coefficient (Wildman–Crippen LogP) is 4.81. The zero-order valence-electron chi connectivity index (χ0n) is 16.1. The number of benzene rings is 1. The summed E-state index contributed by atoms with van der Waals surface area (Å²) in [6.07, 6.45) is 8.76. The molecule has 3 nitrogen and oxygen atoms in total. The molecule has 1 atom stereocenters. The third kappa shape index (κ3) is 1.92. The van der Waals surface area contributed by atoms with Gasteiger partial charge in [0.25, 0.3) is 5.65 Å². The van der Waals surface area contributed by atoms with E-state index >= 15 is 0 Å². The Balaban J connectivity index is 1.83. The van der Waals surface area contributed by atoms with E-state index in [4.69, 9.17) is 0 Å². The van der Waals surface area contributed by atoms with E-state index in [1.165, 1.54) is 60.4 Å². The molecule has 1 saturated carbocycles. The van der Waals surface area contributed by atoms with Gasteiger partial charge in [0.1, 0.15) is 5.54 Å². The fraction of sp³-hybridized carbons (Fsp3) is 0.435. The zero-order chi connectivity index (χ0) is 17.9. The molecular weight excluding hydrogens is 318 g/mol. The van der Waals surface area contributed by atoms with Gasteiger partial charge in [0.15, 0.2) is 11.4 Å². The van der Waals surface area contributed by atoms with Gasteiger partial charge < -0.3 is 4.90 Å². The van der Waals surface area contributed by atoms with Crippen LogP contribution in [-0.2, 0) is 12.6 Å². The van der Waals surface area contributed by atoms with Crippen molar-refractivity contribution in [2.24, 2.45) is 7.05 Å². The second-order valence-corrected chi connectivity index (χ2v) is 8.15. The molecule has 1 aliphatic heterocycles. The first kappa shape index (κ1) is 15.9.